The Morgan fingerprint density at radius 2 is 2.00 bits per heavy atom. The zero-order valence-corrected chi connectivity index (χ0v) is 14.8. The normalized spacial score (nSPS) is 28.1. The van der Waals surface area contributed by atoms with Crippen LogP contribution in [0.3, 0.4) is 0 Å². The van der Waals surface area contributed by atoms with Crippen molar-refractivity contribution in [3.05, 3.63) is 40.2 Å². The second-order valence-corrected chi connectivity index (χ2v) is 6.46. The molecule has 27 heavy (non-hydrogen) atoms. The van der Waals surface area contributed by atoms with Gasteiger partial charge in [-0.25, -0.2) is 4.79 Å². The predicted octanol–water partition coefficient (Wildman–Crippen LogP) is -0.576. The van der Waals surface area contributed by atoms with Crippen LogP contribution >= 0.6 is 0 Å². The minimum absolute atomic E-state index is 0.261. The van der Waals surface area contributed by atoms with E-state index in [9.17, 15) is 24.9 Å². The summed E-state index contributed by atoms with van der Waals surface area (Å²) in [4.78, 5) is 23.0. The van der Waals surface area contributed by atoms with Gasteiger partial charge in [0.2, 0.25) is 12.2 Å². The highest BCUT2D eigenvalue weighted by molar-refractivity contribution is 5.81. The van der Waals surface area contributed by atoms with Crippen molar-refractivity contribution in [2.45, 2.75) is 44.5 Å². The lowest BCUT2D eigenvalue weighted by Gasteiger charge is -2.42. The Bertz CT molecular complexity index is 895. The van der Waals surface area contributed by atoms with Gasteiger partial charge in [0.05, 0.1) is 6.61 Å². The molecule has 0 bridgehead atoms. The van der Waals surface area contributed by atoms with Gasteiger partial charge in [-0.15, -0.1) is 0 Å². The third-order valence-corrected chi connectivity index (χ3v) is 4.43. The van der Waals surface area contributed by atoms with Gasteiger partial charge in [-0.3, -0.25) is 4.79 Å². The van der Waals surface area contributed by atoms with Crippen LogP contribution in [0.5, 0.6) is 5.75 Å². The predicted molar refractivity (Wildman–Crippen MR) is 93.2 cm³/mol. The number of rotatable bonds is 4. The topological polar surface area (TPSA) is 138 Å². The summed E-state index contributed by atoms with van der Waals surface area (Å²) in [6, 6.07) is 5.12. The van der Waals surface area contributed by atoms with Crippen LogP contribution in [0.1, 0.15) is 12.5 Å². The van der Waals surface area contributed by atoms with Crippen molar-refractivity contribution in [1.82, 2.24) is 5.32 Å². The Labute approximate surface area is 154 Å². The fourth-order valence-electron chi connectivity index (χ4n) is 3.08. The highest BCUT2D eigenvalue weighted by atomic mass is 16.7. The van der Waals surface area contributed by atoms with E-state index in [1.807, 2.05) is 0 Å². The molecule has 1 amide bonds. The number of nitrogens with one attached hydrogen (secondary N) is 1. The van der Waals surface area contributed by atoms with Crippen molar-refractivity contribution in [2.24, 2.45) is 0 Å². The molecule has 0 spiro atoms. The second-order valence-electron chi connectivity index (χ2n) is 6.46. The molecule has 2 unspecified atom stereocenters. The van der Waals surface area contributed by atoms with Crippen LogP contribution in [0, 0.1) is 6.92 Å². The summed E-state index contributed by atoms with van der Waals surface area (Å²) >= 11 is 0. The summed E-state index contributed by atoms with van der Waals surface area (Å²) in [5, 5.41) is 32.9. The van der Waals surface area contributed by atoms with E-state index in [0.717, 1.165) is 10.9 Å². The molecule has 4 N–H and O–H groups in total. The standard InChI is InChI=1S/C18H21NO8/c1-8-5-14(22)26-12-6-10(3-4-11(8)12)25-18-15(19-9(2)21)17(24)16(23)13(7-20)27-18/h3-6,13,15-18,20,23-24H,7H2,1-2H3,(H,19,21)/t13-,15?,16+,17?,18+/m0/s1. The van der Waals surface area contributed by atoms with Gasteiger partial charge in [0, 0.05) is 24.4 Å². The first-order valence-electron chi connectivity index (χ1n) is 8.41. The number of aryl methyl sites for hydroxylation is 1. The maximum absolute atomic E-state index is 11.6. The molecule has 3 rings (SSSR count). The minimum atomic E-state index is -1.41. The number of aliphatic hydroxyl groups excluding tert-OH is 3. The summed E-state index contributed by atoms with van der Waals surface area (Å²) in [5.41, 5.74) is 0.557. The quantitative estimate of drug-likeness (QED) is 0.518. The Balaban J connectivity index is 1.91. The number of benzene rings is 1. The third-order valence-electron chi connectivity index (χ3n) is 4.43. The van der Waals surface area contributed by atoms with Gasteiger partial charge in [-0.2, -0.15) is 0 Å². The molecule has 1 saturated heterocycles. The average molecular weight is 379 g/mol. The number of carbonyl (C=O) groups is 1. The lowest BCUT2D eigenvalue weighted by Crippen LogP contribution is -2.65. The van der Waals surface area contributed by atoms with Crippen LogP contribution in [-0.4, -0.2) is 58.5 Å². The van der Waals surface area contributed by atoms with Gasteiger partial charge < -0.3 is 34.5 Å². The fourth-order valence-corrected chi connectivity index (χ4v) is 3.08. The van der Waals surface area contributed by atoms with Gasteiger partial charge in [-0.05, 0) is 24.6 Å². The van der Waals surface area contributed by atoms with E-state index in [0.29, 0.717) is 5.58 Å². The number of ether oxygens (including phenoxy) is 2. The highest BCUT2D eigenvalue weighted by Crippen LogP contribution is 2.27. The van der Waals surface area contributed by atoms with Crippen molar-refractivity contribution in [3.8, 4) is 5.75 Å². The summed E-state index contributed by atoms with van der Waals surface area (Å²) in [6.45, 7) is 2.48. The van der Waals surface area contributed by atoms with E-state index >= 15 is 0 Å². The lowest BCUT2D eigenvalue weighted by molar-refractivity contribution is -0.244. The van der Waals surface area contributed by atoms with E-state index in [4.69, 9.17) is 13.9 Å². The summed E-state index contributed by atoms with van der Waals surface area (Å²) in [5.74, 6) is -0.192. The van der Waals surface area contributed by atoms with Crippen LogP contribution in [0.25, 0.3) is 11.0 Å². The molecule has 0 aliphatic carbocycles. The zero-order valence-electron chi connectivity index (χ0n) is 14.8. The molecule has 1 aliphatic heterocycles. The number of fused-ring (bicyclic) bond motifs is 1. The molecule has 0 saturated carbocycles. The monoisotopic (exact) mass is 379 g/mol. The highest BCUT2D eigenvalue weighted by Gasteiger charge is 2.46. The van der Waals surface area contributed by atoms with E-state index in [-0.39, 0.29) is 5.75 Å². The van der Waals surface area contributed by atoms with Gasteiger partial charge in [0.25, 0.3) is 0 Å². The first-order valence-corrected chi connectivity index (χ1v) is 8.41. The third kappa shape index (κ3) is 3.96. The Hall–Kier alpha value is -2.46. The van der Waals surface area contributed by atoms with Crippen molar-refractivity contribution in [2.75, 3.05) is 6.61 Å². The van der Waals surface area contributed by atoms with Crippen molar-refractivity contribution in [1.29, 1.82) is 0 Å². The zero-order chi connectivity index (χ0) is 19.7. The van der Waals surface area contributed by atoms with Gasteiger partial charge >= 0.3 is 5.63 Å². The maximum Gasteiger partial charge on any atom is 0.336 e. The molecule has 9 heteroatoms. The van der Waals surface area contributed by atoms with Crippen LogP contribution in [0.15, 0.2) is 33.5 Å². The minimum Gasteiger partial charge on any atom is -0.462 e. The molecule has 1 fully saturated rings. The second kappa shape index (κ2) is 7.65. The fraction of sp³-hybridized carbons (Fsp3) is 0.444. The summed E-state index contributed by atoms with van der Waals surface area (Å²) < 4.78 is 16.4. The molecule has 0 radical (unpaired) electrons. The summed E-state index contributed by atoms with van der Waals surface area (Å²) in [6.07, 6.45) is -5.08. The Morgan fingerprint density at radius 1 is 1.26 bits per heavy atom. The van der Waals surface area contributed by atoms with Crippen LogP contribution < -0.4 is 15.7 Å². The van der Waals surface area contributed by atoms with Crippen LogP contribution in [0.2, 0.25) is 0 Å². The van der Waals surface area contributed by atoms with Crippen molar-refractivity contribution >= 4 is 16.9 Å². The van der Waals surface area contributed by atoms with Crippen molar-refractivity contribution in [3.63, 3.8) is 0 Å². The first kappa shape index (κ1) is 19.3. The number of hydrogen-bond donors (Lipinski definition) is 4. The smallest absolute Gasteiger partial charge is 0.336 e. The number of aliphatic hydroxyl groups is 3. The SMILES string of the molecule is CC(=O)NC1C(O)[C@H](O)[C@H](CO)O[C@H]1Oc1ccc2c(C)cc(=O)oc2c1. The maximum atomic E-state index is 11.6. The van der Waals surface area contributed by atoms with Crippen LogP contribution in [-0.2, 0) is 9.53 Å². The molecule has 2 heterocycles. The molecule has 2 aromatic rings. The molecule has 1 aromatic carbocycles. The van der Waals surface area contributed by atoms with Crippen molar-refractivity contribution < 1.29 is 34.0 Å². The number of hydrogen-bond acceptors (Lipinski definition) is 8. The van der Waals surface area contributed by atoms with Crippen LogP contribution in [0.4, 0.5) is 0 Å². The number of carbonyl (C=O) groups excluding carboxylic acids is 1. The first-order chi connectivity index (χ1) is 12.8. The number of amides is 1. The molecular formula is C18H21NO8. The van der Waals surface area contributed by atoms with E-state index in [1.54, 1.807) is 19.1 Å². The average Bonchev–Trinajstić information content (AvgIpc) is 2.60. The molecule has 5 atom stereocenters. The lowest BCUT2D eigenvalue weighted by atomic mass is 9.97. The Morgan fingerprint density at radius 3 is 2.67 bits per heavy atom. The molecule has 146 valence electrons. The summed E-state index contributed by atoms with van der Waals surface area (Å²) in [7, 11) is 0. The largest absolute Gasteiger partial charge is 0.462 e. The van der Waals surface area contributed by atoms with Gasteiger partial charge in [0.15, 0.2) is 0 Å². The molecule has 1 aromatic heterocycles. The van der Waals surface area contributed by atoms with E-state index in [2.05, 4.69) is 5.32 Å². The molecule has 1 aliphatic rings. The van der Waals surface area contributed by atoms with Gasteiger partial charge in [0.1, 0.15) is 35.7 Å². The molecule has 9 nitrogen and oxygen atoms in total. The molecular weight excluding hydrogens is 358 g/mol. The van der Waals surface area contributed by atoms with E-state index in [1.165, 1.54) is 19.1 Å². The van der Waals surface area contributed by atoms with E-state index < -0.39 is 48.8 Å². The Kier molecular flexibility index (Phi) is 5.47. The van der Waals surface area contributed by atoms with Gasteiger partial charge in [-0.1, -0.05) is 0 Å².